The van der Waals surface area contributed by atoms with Gasteiger partial charge in [-0.05, 0) is 56.9 Å². The molecule has 1 fully saturated rings. The van der Waals surface area contributed by atoms with Crippen LogP contribution in [0.3, 0.4) is 0 Å². The van der Waals surface area contributed by atoms with Crippen molar-refractivity contribution in [3.05, 3.63) is 70.8 Å². The van der Waals surface area contributed by atoms with Gasteiger partial charge >= 0.3 is 0 Å². The molecule has 3 atom stereocenters. The number of nitrogens with zero attached hydrogens (tertiary/aromatic N) is 1. The van der Waals surface area contributed by atoms with Crippen LogP contribution in [0.2, 0.25) is 0 Å². The molecule has 0 spiro atoms. The minimum Gasteiger partial charge on any atom is -0.381 e. The molecule has 0 bridgehead atoms. The van der Waals surface area contributed by atoms with Crippen molar-refractivity contribution in [3.63, 3.8) is 0 Å². The van der Waals surface area contributed by atoms with Gasteiger partial charge in [0.1, 0.15) is 6.04 Å². The topological polar surface area (TPSA) is 98.7 Å². The summed E-state index contributed by atoms with van der Waals surface area (Å²) in [5.41, 5.74) is 3.20. The second-order valence-corrected chi connectivity index (χ2v) is 10.8. The maximum atomic E-state index is 13.5. The number of hydrogen-bond acceptors (Lipinski definition) is 5. The van der Waals surface area contributed by atoms with Crippen LogP contribution in [0, 0.1) is 13.8 Å². The average molecular weight is 484 g/mol. The molecule has 1 saturated heterocycles. The molecule has 182 valence electrons. The van der Waals surface area contributed by atoms with Crippen molar-refractivity contribution < 1.29 is 19.5 Å². The molecule has 3 amide bonds. The second-order valence-electron chi connectivity index (χ2n) is 9.16. The van der Waals surface area contributed by atoms with E-state index in [0.29, 0.717) is 5.56 Å². The molecule has 3 N–H and O–H groups in total. The summed E-state index contributed by atoms with van der Waals surface area (Å²) in [5.74, 6) is -0.930. The monoisotopic (exact) mass is 483 g/mol. The van der Waals surface area contributed by atoms with E-state index in [9.17, 15) is 19.5 Å². The number of benzene rings is 2. The highest BCUT2D eigenvalue weighted by molar-refractivity contribution is 8.00. The van der Waals surface area contributed by atoms with E-state index in [-0.39, 0.29) is 24.1 Å². The third-order valence-corrected chi connectivity index (χ3v) is 7.80. The average Bonchev–Trinajstić information content (AvgIpc) is 3.14. The minimum atomic E-state index is -1.52. The maximum Gasteiger partial charge on any atom is 0.254 e. The number of nitrogens with one attached hydrogen (secondary N) is 2. The fraction of sp³-hybridized carbons (Fsp3) is 0.423. The zero-order valence-electron chi connectivity index (χ0n) is 20.3. The quantitative estimate of drug-likeness (QED) is 0.562. The number of hydrogen-bond donors (Lipinski definition) is 3. The lowest BCUT2D eigenvalue weighted by molar-refractivity contribution is -0.147. The molecule has 0 aliphatic carbocycles. The lowest BCUT2D eigenvalue weighted by Crippen LogP contribution is -2.58. The van der Waals surface area contributed by atoms with Crippen molar-refractivity contribution in [1.82, 2.24) is 15.5 Å². The predicted octanol–water partition coefficient (Wildman–Crippen LogP) is 2.43. The van der Waals surface area contributed by atoms with Gasteiger partial charge in [-0.1, -0.05) is 42.5 Å². The van der Waals surface area contributed by atoms with Gasteiger partial charge in [0.2, 0.25) is 5.91 Å². The van der Waals surface area contributed by atoms with Crippen molar-refractivity contribution in [2.45, 2.75) is 57.1 Å². The van der Waals surface area contributed by atoms with E-state index >= 15 is 0 Å². The van der Waals surface area contributed by atoms with Crippen LogP contribution in [0.4, 0.5) is 0 Å². The number of aryl methyl sites for hydroxylation is 1. The molecule has 7 nitrogen and oxygen atoms in total. The first-order valence-corrected chi connectivity index (χ1v) is 12.3. The van der Waals surface area contributed by atoms with E-state index in [1.54, 1.807) is 6.07 Å². The molecular formula is C26H33N3O4S. The summed E-state index contributed by atoms with van der Waals surface area (Å²) >= 11 is 1.48. The number of carbonyl (C=O) groups excluding carboxylic acids is 3. The van der Waals surface area contributed by atoms with Crippen LogP contribution >= 0.6 is 11.8 Å². The molecule has 3 rings (SSSR count). The molecule has 0 unspecified atom stereocenters. The number of aliphatic hydroxyl groups excluding tert-OH is 1. The highest BCUT2D eigenvalue weighted by Crippen LogP contribution is 2.39. The van der Waals surface area contributed by atoms with Crippen LogP contribution in [0.1, 0.15) is 40.9 Å². The van der Waals surface area contributed by atoms with Crippen LogP contribution in [0.5, 0.6) is 0 Å². The first kappa shape index (κ1) is 25.8. The number of likely N-dealkylation sites (N-methyl/N-ethyl adjacent to an activating group) is 1. The third kappa shape index (κ3) is 5.45. The van der Waals surface area contributed by atoms with Gasteiger partial charge in [-0.15, -0.1) is 11.8 Å². The summed E-state index contributed by atoms with van der Waals surface area (Å²) in [7, 11) is 1.53. The molecule has 34 heavy (non-hydrogen) atoms. The van der Waals surface area contributed by atoms with E-state index < -0.39 is 28.8 Å². The SMILES string of the molecule is CNC(=O)[C@H]1N(C(=O)[C@@H](O)[C@H](Cc2ccccc2)NC(=O)c2cccc(C)c2C)CSC1(C)C. The summed E-state index contributed by atoms with van der Waals surface area (Å²) in [6.45, 7) is 7.61. The van der Waals surface area contributed by atoms with Crippen LogP contribution in [-0.2, 0) is 16.0 Å². The number of aliphatic hydroxyl groups is 1. The van der Waals surface area contributed by atoms with E-state index in [2.05, 4.69) is 10.6 Å². The first-order chi connectivity index (χ1) is 16.1. The van der Waals surface area contributed by atoms with E-state index in [1.807, 2.05) is 70.2 Å². The highest BCUT2D eigenvalue weighted by atomic mass is 32.2. The zero-order valence-corrected chi connectivity index (χ0v) is 21.1. The Morgan fingerprint density at radius 1 is 1.12 bits per heavy atom. The molecule has 0 saturated carbocycles. The fourth-order valence-corrected chi connectivity index (χ4v) is 5.38. The van der Waals surface area contributed by atoms with E-state index in [4.69, 9.17) is 0 Å². The Kier molecular flexibility index (Phi) is 8.05. The van der Waals surface area contributed by atoms with Gasteiger partial charge in [0, 0.05) is 17.4 Å². The Labute approximate surface area is 205 Å². The highest BCUT2D eigenvalue weighted by Gasteiger charge is 2.49. The molecule has 2 aromatic carbocycles. The molecule has 1 aliphatic rings. The number of thioether (sulfide) groups is 1. The lowest BCUT2D eigenvalue weighted by atomic mass is 9.96. The Bertz CT molecular complexity index is 1060. The Morgan fingerprint density at radius 3 is 2.44 bits per heavy atom. The summed E-state index contributed by atoms with van der Waals surface area (Å²) < 4.78 is -0.508. The van der Waals surface area contributed by atoms with Crippen LogP contribution < -0.4 is 10.6 Å². The smallest absolute Gasteiger partial charge is 0.254 e. The molecule has 1 heterocycles. The van der Waals surface area contributed by atoms with Crippen molar-refractivity contribution in [1.29, 1.82) is 0 Å². The predicted molar refractivity (Wildman–Crippen MR) is 135 cm³/mol. The summed E-state index contributed by atoms with van der Waals surface area (Å²) in [5, 5.41) is 16.7. The Balaban J connectivity index is 1.89. The molecule has 2 aromatic rings. The largest absolute Gasteiger partial charge is 0.381 e. The minimum absolute atomic E-state index is 0.263. The lowest BCUT2D eigenvalue weighted by Gasteiger charge is -2.33. The van der Waals surface area contributed by atoms with Crippen molar-refractivity contribution in [2.75, 3.05) is 12.9 Å². The fourth-order valence-electron chi connectivity index (χ4n) is 4.24. The molecule has 0 aromatic heterocycles. The molecule has 1 aliphatic heterocycles. The number of rotatable bonds is 7. The normalized spacial score (nSPS) is 18.8. The van der Waals surface area contributed by atoms with Crippen LogP contribution in [0.25, 0.3) is 0 Å². The van der Waals surface area contributed by atoms with Crippen LogP contribution in [-0.4, -0.2) is 63.6 Å². The number of amides is 3. The Morgan fingerprint density at radius 2 is 1.79 bits per heavy atom. The van der Waals surface area contributed by atoms with Gasteiger partial charge in [0.05, 0.1) is 11.9 Å². The van der Waals surface area contributed by atoms with Crippen molar-refractivity contribution in [3.8, 4) is 0 Å². The molecular weight excluding hydrogens is 450 g/mol. The van der Waals surface area contributed by atoms with E-state index in [1.165, 1.54) is 23.7 Å². The second kappa shape index (κ2) is 10.6. The number of carbonyl (C=O) groups is 3. The summed E-state index contributed by atoms with van der Waals surface area (Å²) in [4.78, 5) is 40.6. The first-order valence-electron chi connectivity index (χ1n) is 11.3. The van der Waals surface area contributed by atoms with Gasteiger partial charge in [0.25, 0.3) is 11.8 Å². The summed E-state index contributed by atoms with van der Waals surface area (Å²) in [6.07, 6.45) is -1.25. The molecule has 8 heteroatoms. The standard InChI is InChI=1S/C26H33N3O4S/c1-16-10-9-13-19(17(16)2)23(31)28-20(14-18-11-7-6-8-12-18)21(30)25(33)29-15-34-26(3,4)22(29)24(32)27-5/h6-13,20-22,30H,14-15H2,1-5H3,(H,27,32)(H,28,31)/t20-,21-,22+/m0/s1. The molecule has 0 radical (unpaired) electrons. The van der Waals surface area contributed by atoms with Crippen molar-refractivity contribution in [2.24, 2.45) is 0 Å². The van der Waals surface area contributed by atoms with Crippen LogP contribution in [0.15, 0.2) is 48.5 Å². The van der Waals surface area contributed by atoms with Gasteiger partial charge in [-0.25, -0.2) is 0 Å². The zero-order chi connectivity index (χ0) is 25.0. The Hall–Kier alpha value is -2.84. The maximum absolute atomic E-state index is 13.5. The third-order valence-electron chi connectivity index (χ3n) is 6.42. The van der Waals surface area contributed by atoms with Gasteiger partial charge in [0.15, 0.2) is 6.10 Å². The van der Waals surface area contributed by atoms with Crippen molar-refractivity contribution >= 4 is 29.5 Å². The van der Waals surface area contributed by atoms with E-state index in [0.717, 1.165) is 16.7 Å². The van der Waals surface area contributed by atoms with Gasteiger partial charge in [-0.3, -0.25) is 14.4 Å². The van der Waals surface area contributed by atoms with Gasteiger partial charge in [-0.2, -0.15) is 0 Å². The van der Waals surface area contributed by atoms with Gasteiger partial charge < -0.3 is 20.6 Å². The summed E-state index contributed by atoms with van der Waals surface area (Å²) in [6, 6.07) is 13.3.